The van der Waals surface area contributed by atoms with Gasteiger partial charge in [-0.05, 0) is 81.5 Å². The fraction of sp³-hybridized carbons (Fsp3) is 0.186. The predicted molar refractivity (Wildman–Crippen MR) is 198 cm³/mol. The molecule has 6 rings (SSSR count). The van der Waals surface area contributed by atoms with Crippen molar-refractivity contribution in [2.45, 2.75) is 47.7 Å². The molecule has 1 heterocycles. The monoisotopic (exact) mass is 826 g/mol. The number of allylic oxidation sites excluding steroid dienone is 1. The summed E-state index contributed by atoms with van der Waals surface area (Å²) in [5.74, 6) is -0.124. The van der Waals surface area contributed by atoms with Crippen LogP contribution in [-0.2, 0) is 21.1 Å². The molecule has 1 N–H and O–H groups in total. The van der Waals surface area contributed by atoms with Gasteiger partial charge in [-0.1, -0.05) is 84.4 Å². The minimum absolute atomic E-state index is 0. The van der Waals surface area contributed by atoms with E-state index in [0.717, 1.165) is 56.7 Å². The molecule has 1 saturated heterocycles. The molecule has 0 bridgehead atoms. The number of aliphatic hydroxyl groups excluding tert-OH is 1. The minimum atomic E-state index is -0.156. The van der Waals surface area contributed by atoms with Crippen LogP contribution in [0.4, 0.5) is 17.1 Å². The number of hydrogen-bond acceptors (Lipinski definition) is 4. The quantitative estimate of drug-likeness (QED) is 0.0802. The van der Waals surface area contributed by atoms with Crippen molar-refractivity contribution < 1.29 is 31.0 Å². The molecule has 0 amide bonds. The molecule has 6 heteroatoms. The maximum Gasteiger partial charge on any atom is 2.00 e. The summed E-state index contributed by atoms with van der Waals surface area (Å²) in [6, 6.07) is 37.6. The molecule has 1 unspecified atom stereocenters. The molecule has 1 fully saturated rings. The number of carbonyl (C=O) groups excluding carboxylic acids is 1. The van der Waals surface area contributed by atoms with Crippen molar-refractivity contribution in [3.63, 3.8) is 0 Å². The maximum atomic E-state index is 12.6. The van der Waals surface area contributed by atoms with Crippen molar-refractivity contribution in [1.29, 1.82) is 0 Å². The summed E-state index contributed by atoms with van der Waals surface area (Å²) in [5.41, 5.74) is 11.6. The number of aryl methyl sites for hydroxylation is 6. The van der Waals surface area contributed by atoms with Crippen LogP contribution in [0.5, 0.6) is 0 Å². The summed E-state index contributed by atoms with van der Waals surface area (Å²) < 4.78 is 0. The maximum absolute atomic E-state index is 12.6. The van der Waals surface area contributed by atoms with Gasteiger partial charge >= 0.3 is 21.1 Å². The van der Waals surface area contributed by atoms with E-state index in [1.807, 2.05) is 114 Å². The van der Waals surface area contributed by atoms with Gasteiger partial charge in [0, 0.05) is 22.9 Å². The number of nitrogens with zero attached hydrogens (tertiary/aromatic N) is 3. The third-order valence-electron chi connectivity index (χ3n) is 8.54. The van der Waals surface area contributed by atoms with Gasteiger partial charge in [0.15, 0.2) is 11.5 Å². The van der Waals surface area contributed by atoms with Crippen LogP contribution in [0, 0.1) is 60.7 Å². The van der Waals surface area contributed by atoms with Gasteiger partial charge in [0.2, 0.25) is 0 Å². The van der Waals surface area contributed by atoms with Gasteiger partial charge < -0.3 is 14.9 Å². The normalized spacial score (nSPS) is 14.0. The Morgan fingerprint density at radius 3 is 1.90 bits per heavy atom. The number of anilines is 2. The van der Waals surface area contributed by atoms with Crippen LogP contribution in [0.3, 0.4) is 0 Å². The van der Waals surface area contributed by atoms with Gasteiger partial charge in [0.05, 0.1) is 12.7 Å². The molecular formula is C43H41N3O2Pt. The second-order valence-electron chi connectivity index (χ2n) is 12.3. The van der Waals surface area contributed by atoms with Crippen molar-refractivity contribution in [3.05, 3.63) is 183 Å². The van der Waals surface area contributed by atoms with Crippen molar-refractivity contribution in [1.82, 2.24) is 0 Å². The van der Waals surface area contributed by atoms with Gasteiger partial charge in [0.25, 0.3) is 0 Å². The fourth-order valence-corrected chi connectivity index (χ4v) is 6.65. The molecule has 5 aromatic rings. The first-order valence-corrected chi connectivity index (χ1v) is 16.1. The smallest absolute Gasteiger partial charge is 0.519 e. The minimum Gasteiger partial charge on any atom is -0.519 e. The largest absolute Gasteiger partial charge is 2.00 e. The molecule has 0 aliphatic carbocycles. The van der Waals surface area contributed by atoms with Gasteiger partial charge in [-0.25, -0.2) is 11.4 Å². The Hall–Kier alpha value is -4.91. The van der Waals surface area contributed by atoms with E-state index in [-0.39, 0.29) is 38.8 Å². The number of carbonyl (C=O) groups is 1. The van der Waals surface area contributed by atoms with Gasteiger partial charge in [-0.2, -0.15) is 30.3 Å². The van der Waals surface area contributed by atoms with E-state index in [9.17, 15) is 9.90 Å². The van der Waals surface area contributed by atoms with Crippen molar-refractivity contribution >= 4 is 28.6 Å². The van der Waals surface area contributed by atoms with Crippen LogP contribution in [0.1, 0.15) is 61.0 Å². The van der Waals surface area contributed by atoms with Crippen LogP contribution in [-0.4, -0.2) is 17.4 Å². The van der Waals surface area contributed by atoms with E-state index in [0.29, 0.717) is 11.3 Å². The Morgan fingerprint density at radius 1 is 0.816 bits per heavy atom. The van der Waals surface area contributed by atoms with E-state index < -0.39 is 0 Å². The summed E-state index contributed by atoms with van der Waals surface area (Å²) in [6.07, 6.45) is 1.39. The molecule has 0 saturated carbocycles. The summed E-state index contributed by atoms with van der Waals surface area (Å²) in [7, 11) is 0. The van der Waals surface area contributed by atoms with Gasteiger partial charge in [-0.3, -0.25) is 4.79 Å². The number of ketones is 1. The Morgan fingerprint density at radius 2 is 1.37 bits per heavy atom. The molecule has 0 spiro atoms. The molecule has 5 nitrogen and oxygen atoms in total. The van der Waals surface area contributed by atoms with Crippen molar-refractivity contribution in [2.75, 3.05) is 16.3 Å². The van der Waals surface area contributed by atoms with Crippen molar-refractivity contribution in [2.24, 2.45) is 0 Å². The molecule has 5 aromatic carbocycles. The van der Waals surface area contributed by atoms with Crippen molar-refractivity contribution in [3.8, 4) is 0 Å². The molecule has 0 aromatic heterocycles. The van der Waals surface area contributed by atoms with Crippen LogP contribution in [0.25, 0.3) is 10.6 Å². The molecule has 0 radical (unpaired) electrons. The van der Waals surface area contributed by atoms with Crippen LogP contribution >= 0.6 is 0 Å². The summed E-state index contributed by atoms with van der Waals surface area (Å²) >= 11 is 0. The van der Waals surface area contributed by atoms with E-state index in [2.05, 4.69) is 57.6 Å². The van der Waals surface area contributed by atoms with E-state index >= 15 is 0 Å². The first-order valence-electron chi connectivity index (χ1n) is 16.1. The Labute approximate surface area is 305 Å². The van der Waals surface area contributed by atoms with Gasteiger partial charge in [0.1, 0.15) is 5.76 Å². The first-order chi connectivity index (χ1) is 23.1. The van der Waals surface area contributed by atoms with Gasteiger partial charge in [-0.15, -0.1) is 5.69 Å². The van der Waals surface area contributed by atoms with E-state index in [4.69, 9.17) is 6.57 Å². The Bertz CT molecular complexity index is 1890. The average Bonchev–Trinajstić information content (AvgIpc) is 3.50. The molecule has 1 atom stereocenters. The van der Waals surface area contributed by atoms with E-state index in [1.165, 1.54) is 11.8 Å². The summed E-state index contributed by atoms with van der Waals surface area (Å²) in [6.45, 7) is 22.0. The molecule has 1 aliphatic heterocycles. The fourth-order valence-electron chi connectivity index (χ4n) is 6.65. The molecule has 250 valence electrons. The Kier molecular flexibility index (Phi) is 12.4. The standard InChI is InChI=1S/C22H17N3.C21H24O2.Pt/c1-23-19-14-12-18(13-15-19)22-24(20-8-4-2-5-9-20)16-17-25(22)21-10-6-3-7-11-21;1-12-7-14(3)20(15(4)8-12)18(22)11-19(23)21-16(5)9-13(2)10-17(21)6;/h2-10,12-15,17,22H,16H2;7-11,22H,1-6H3;/q-2;;+2/b;18-11-;. The number of rotatable bonds is 6. The predicted octanol–water partition coefficient (Wildman–Crippen LogP) is 10.5. The molecule has 49 heavy (non-hydrogen) atoms. The topological polar surface area (TPSA) is 48.1 Å². The van der Waals surface area contributed by atoms with E-state index in [1.54, 1.807) is 0 Å². The molecular weight excluding hydrogens is 786 g/mol. The summed E-state index contributed by atoms with van der Waals surface area (Å²) in [5, 5.41) is 10.5. The van der Waals surface area contributed by atoms with Crippen LogP contribution in [0.15, 0.2) is 109 Å². The average molecular weight is 827 g/mol. The third kappa shape index (κ3) is 8.58. The van der Waals surface area contributed by atoms with Crippen LogP contribution < -0.4 is 9.80 Å². The zero-order chi connectivity index (χ0) is 34.4. The second-order valence-corrected chi connectivity index (χ2v) is 12.3. The summed E-state index contributed by atoms with van der Waals surface area (Å²) in [4.78, 5) is 20.7. The number of benzene rings is 5. The SMILES string of the molecule is Cc1cc(C)c(C(=O)/C=C(\O)c2c(C)cc(C)cc2C)c(C)c1.[C-]#[N+]c1ccc(C2N(c3[c-]cccc3)[CH-]CN2c2ccccc2)cc1.[Pt+2]. The molecule has 1 aliphatic rings. The van der Waals surface area contributed by atoms with Crippen LogP contribution in [0.2, 0.25) is 0 Å². The number of aliphatic hydroxyl groups is 1. The third-order valence-corrected chi connectivity index (χ3v) is 8.54. The zero-order valence-electron chi connectivity index (χ0n) is 28.8. The second kappa shape index (κ2) is 16.5. The number of hydrogen-bond donors (Lipinski definition) is 1. The first kappa shape index (κ1) is 36.9. The zero-order valence-corrected chi connectivity index (χ0v) is 31.0. The Balaban J connectivity index is 0.000000217. The number of para-hydroxylation sites is 2.